The zero-order chi connectivity index (χ0) is 13.1. The van der Waals surface area contributed by atoms with Gasteiger partial charge in [0.2, 0.25) is 0 Å². The summed E-state index contributed by atoms with van der Waals surface area (Å²) in [5.74, 6) is -0.212. The second-order valence-electron chi connectivity index (χ2n) is 5.11. The molecule has 0 saturated heterocycles. The Kier molecular flexibility index (Phi) is 4.66. The quantitative estimate of drug-likeness (QED) is 0.855. The van der Waals surface area contributed by atoms with Crippen molar-refractivity contribution in [2.75, 3.05) is 7.11 Å². The van der Waals surface area contributed by atoms with E-state index < -0.39 is 0 Å². The Morgan fingerprint density at radius 3 is 2.59 bits per heavy atom. The molecule has 1 atom stereocenters. The third kappa shape index (κ3) is 4.10. The van der Waals surface area contributed by atoms with Crippen molar-refractivity contribution in [1.82, 2.24) is 0 Å². The van der Waals surface area contributed by atoms with Crippen molar-refractivity contribution in [3.8, 4) is 0 Å². The highest BCUT2D eigenvalue weighted by Crippen LogP contribution is 2.25. The van der Waals surface area contributed by atoms with E-state index in [4.69, 9.17) is 10.5 Å². The predicted octanol–water partition coefficient (Wildman–Crippen LogP) is 3.34. The number of aryl methyl sites for hydroxylation is 1. The van der Waals surface area contributed by atoms with Crippen molar-refractivity contribution < 1.29 is 9.13 Å². The van der Waals surface area contributed by atoms with Crippen LogP contribution in [0.3, 0.4) is 0 Å². The van der Waals surface area contributed by atoms with Gasteiger partial charge in [-0.05, 0) is 56.9 Å². The highest BCUT2D eigenvalue weighted by molar-refractivity contribution is 5.29. The standard InChI is InChI=1S/C14H22FNO/c1-10-9-11(15)5-6-12(10)13(16)7-8-14(2,3)17-4/h5-6,9,13H,7-8,16H2,1-4H3. The molecule has 0 aliphatic heterocycles. The highest BCUT2D eigenvalue weighted by atomic mass is 19.1. The molecule has 0 radical (unpaired) electrons. The molecule has 2 N–H and O–H groups in total. The largest absolute Gasteiger partial charge is 0.379 e. The van der Waals surface area contributed by atoms with Crippen molar-refractivity contribution in [2.45, 2.75) is 45.3 Å². The summed E-state index contributed by atoms with van der Waals surface area (Å²) < 4.78 is 18.3. The number of methoxy groups -OCH3 is 1. The Morgan fingerprint density at radius 2 is 2.06 bits per heavy atom. The first kappa shape index (κ1) is 14.1. The van der Waals surface area contributed by atoms with Crippen LogP contribution in [0.5, 0.6) is 0 Å². The van der Waals surface area contributed by atoms with Crippen molar-refractivity contribution in [3.63, 3.8) is 0 Å². The minimum Gasteiger partial charge on any atom is -0.379 e. The third-order valence-corrected chi connectivity index (χ3v) is 3.24. The summed E-state index contributed by atoms with van der Waals surface area (Å²) in [7, 11) is 1.70. The first-order valence-electron chi connectivity index (χ1n) is 5.92. The van der Waals surface area contributed by atoms with Crippen LogP contribution in [0.2, 0.25) is 0 Å². The number of benzene rings is 1. The third-order valence-electron chi connectivity index (χ3n) is 3.24. The van der Waals surface area contributed by atoms with Gasteiger partial charge < -0.3 is 10.5 Å². The molecule has 0 saturated carbocycles. The maximum atomic E-state index is 13.0. The molecule has 0 amide bonds. The molecule has 0 aliphatic carbocycles. The Bertz CT molecular complexity index is 376. The summed E-state index contributed by atoms with van der Waals surface area (Å²) in [4.78, 5) is 0. The van der Waals surface area contributed by atoms with E-state index in [9.17, 15) is 4.39 Å². The lowest BCUT2D eigenvalue weighted by atomic mass is 9.93. The molecule has 1 rings (SSSR count). The second-order valence-corrected chi connectivity index (χ2v) is 5.11. The van der Waals surface area contributed by atoms with E-state index >= 15 is 0 Å². The first-order valence-corrected chi connectivity index (χ1v) is 5.92. The topological polar surface area (TPSA) is 35.2 Å². The Hall–Kier alpha value is -0.930. The van der Waals surface area contributed by atoms with Gasteiger partial charge >= 0.3 is 0 Å². The normalized spacial score (nSPS) is 13.8. The first-order chi connectivity index (χ1) is 7.85. The number of hydrogen-bond donors (Lipinski definition) is 1. The van der Waals surface area contributed by atoms with E-state index in [1.165, 1.54) is 12.1 Å². The minimum absolute atomic E-state index is 0.0648. The van der Waals surface area contributed by atoms with Crippen LogP contribution >= 0.6 is 0 Å². The molecular weight excluding hydrogens is 217 g/mol. The number of halogens is 1. The van der Waals surface area contributed by atoms with Crippen LogP contribution in [0.4, 0.5) is 4.39 Å². The average Bonchev–Trinajstić information content (AvgIpc) is 2.26. The molecule has 0 bridgehead atoms. The van der Waals surface area contributed by atoms with Crippen LogP contribution in [0.15, 0.2) is 18.2 Å². The van der Waals surface area contributed by atoms with E-state index in [1.54, 1.807) is 13.2 Å². The summed E-state index contributed by atoms with van der Waals surface area (Å²) in [6, 6.07) is 4.69. The molecule has 0 heterocycles. The van der Waals surface area contributed by atoms with Crippen LogP contribution < -0.4 is 5.73 Å². The summed E-state index contributed by atoms with van der Waals surface area (Å²) in [5.41, 5.74) is 7.89. The monoisotopic (exact) mass is 239 g/mol. The van der Waals surface area contributed by atoms with Gasteiger partial charge in [-0.25, -0.2) is 4.39 Å². The number of hydrogen-bond acceptors (Lipinski definition) is 2. The maximum absolute atomic E-state index is 13.0. The second kappa shape index (κ2) is 5.61. The lowest BCUT2D eigenvalue weighted by Crippen LogP contribution is -2.25. The Morgan fingerprint density at radius 1 is 1.41 bits per heavy atom. The van der Waals surface area contributed by atoms with Gasteiger partial charge in [0.05, 0.1) is 5.60 Å². The molecule has 1 unspecified atom stereocenters. The average molecular weight is 239 g/mol. The summed E-state index contributed by atoms with van der Waals surface area (Å²) in [6.45, 7) is 5.97. The molecule has 1 aromatic rings. The minimum atomic E-state index is -0.212. The van der Waals surface area contributed by atoms with Gasteiger partial charge in [-0.15, -0.1) is 0 Å². The number of rotatable bonds is 5. The van der Waals surface area contributed by atoms with Crippen molar-refractivity contribution in [1.29, 1.82) is 0 Å². The smallest absolute Gasteiger partial charge is 0.123 e. The van der Waals surface area contributed by atoms with Gasteiger partial charge in [-0.3, -0.25) is 0 Å². The SMILES string of the molecule is COC(C)(C)CCC(N)c1ccc(F)cc1C. The zero-order valence-corrected chi connectivity index (χ0v) is 11.1. The summed E-state index contributed by atoms with van der Waals surface area (Å²) in [6.07, 6.45) is 1.70. The fourth-order valence-electron chi connectivity index (χ4n) is 1.82. The molecule has 96 valence electrons. The van der Waals surface area contributed by atoms with Crippen LogP contribution in [0.25, 0.3) is 0 Å². The molecule has 0 aromatic heterocycles. The van der Waals surface area contributed by atoms with Crippen molar-refractivity contribution >= 4 is 0 Å². The molecule has 3 heteroatoms. The highest BCUT2D eigenvalue weighted by Gasteiger charge is 2.19. The molecule has 1 aromatic carbocycles. The van der Waals surface area contributed by atoms with E-state index in [0.29, 0.717) is 0 Å². The van der Waals surface area contributed by atoms with Crippen molar-refractivity contribution in [2.24, 2.45) is 5.73 Å². The van der Waals surface area contributed by atoms with E-state index in [1.807, 2.05) is 20.8 Å². The van der Waals surface area contributed by atoms with Gasteiger partial charge in [-0.1, -0.05) is 6.07 Å². The Labute approximate surface area is 103 Å². The lowest BCUT2D eigenvalue weighted by molar-refractivity contribution is 0.0125. The number of nitrogens with two attached hydrogens (primary N) is 1. The van der Waals surface area contributed by atoms with E-state index in [-0.39, 0.29) is 17.5 Å². The molecule has 0 fully saturated rings. The Balaban J connectivity index is 2.67. The molecule has 0 aliphatic rings. The van der Waals surface area contributed by atoms with Gasteiger partial charge in [0.25, 0.3) is 0 Å². The summed E-state index contributed by atoms with van der Waals surface area (Å²) in [5, 5.41) is 0. The summed E-state index contributed by atoms with van der Waals surface area (Å²) >= 11 is 0. The van der Waals surface area contributed by atoms with Gasteiger partial charge in [0.1, 0.15) is 5.82 Å². The lowest BCUT2D eigenvalue weighted by Gasteiger charge is -2.25. The maximum Gasteiger partial charge on any atom is 0.123 e. The predicted molar refractivity (Wildman–Crippen MR) is 68.4 cm³/mol. The van der Waals surface area contributed by atoms with Crippen LogP contribution in [0.1, 0.15) is 43.9 Å². The zero-order valence-electron chi connectivity index (χ0n) is 11.1. The fourth-order valence-corrected chi connectivity index (χ4v) is 1.82. The molecule has 2 nitrogen and oxygen atoms in total. The van der Waals surface area contributed by atoms with Gasteiger partial charge in [0, 0.05) is 13.2 Å². The molecule has 0 spiro atoms. The molecular formula is C14H22FNO. The van der Waals surface area contributed by atoms with Crippen LogP contribution in [0, 0.1) is 12.7 Å². The molecule has 17 heavy (non-hydrogen) atoms. The van der Waals surface area contributed by atoms with Gasteiger partial charge in [-0.2, -0.15) is 0 Å². The van der Waals surface area contributed by atoms with E-state index in [2.05, 4.69) is 0 Å². The van der Waals surface area contributed by atoms with Crippen molar-refractivity contribution in [3.05, 3.63) is 35.1 Å². The number of ether oxygens (including phenoxy) is 1. The fraction of sp³-hybridized carbons (Fsp3) is 0.571. The van der Waals surface area contributed by atoms with E-state index in [0.717, 1.165) is 24.0 Å². The van der Waals surface area contributed by atoms with Crippen LogP contribution in [-0.2, 0) is 4.74 Å². The van der Waals surface area contributed by atoms with Crippen LogP contribution in [-0.4, -0.2) is 12.7 Å². The van der Waals surface area contributed by atoms with Gasteiger partial charge in [0.15, 0.2) is 0 Å².